The molecule has 1 amide bonds. The van der Waals surface area contributed by atoms with Crippen LogP contribution in [0.4, 0.5) is 5.69 Å². The standard InChI is InChI=1S/C12H15ClN2O/c1-15-11-3-2-8(10(14)4-5-13)6-9(11)7-12(15)16/h2-3,6,10H,4-5,7,14H2,1H3. The van der Waals surface area contributed by atoms with E-state index in [4.69, 9.17) is 17.3 Å². The number of nitrogens with two attached hydrogens (primary N) is 1. The van der Waals surface area contributed by atoms with Crippen molar-refractivity contribution >= 4 is 23.2 Å². The largest absolute Gasteiger partial charge is 0.324 e. The molecule has 0 aliphatic carbocycles. The van der Waals surface area contributed by atoms with Gasteiger partial charge in [-0.05, 0) is 23.6 Å². The molecule has 1 unspecified atom stereocenters. The minimum Gasteiger partial charge on any atom is -0.324 e. The summed E-state index contributed by atoms with van der Waals surface area (Å²) in [6.45, 7) is 0. The maximum absolute atomic E-state index is 11.5. The van der Waals surface area contributed by atoms with E-state index in [0.717, 1.165) is 23.2 Å². The van der Waals surface area contributed by atoms with Crippen LogP contribution in [0.3, 0.4) is 0 Å². The third kappa shape index (κ3) is 1.93. The Hall–Kier alpha value is -1.06. The van der Waals surface area contributed by atoms with E-state index in [1.54, 1.807) is 11.9 Å². The summed E-state index contributed by atoms with van der Waals surface area (Å²) in [5.41, 5.74) is 9.10. The normalized spacial score (nSPS) is 16.4. The lowest BCUT2D eigenvalue weighted by molar-refractivity contribution is -0.117. The number of hydrogen-bond acceptors (Lipinski definition) is 2. The number of rotatable bonds is 3. The number of halogens is 1. The van der Waals surface area contributed by atoms with Crippen molar-refractivity contribution in [1.82, 2.24) is 0 Å². The van der Waals surface area contributed by atoms with E-state index >= 15 is 0 Å². The quantitative estimate of drug-likeness (QED) is 0.817. The highest BCUT2D eigenvalue weighted by Crippen LogP contribution is 2.30. The van der Waals surface area contributed by atoms with Gasteiger partial charge in [0.15, 0.2) is 0 Å². The Kier molecular flexibility index (Phi) is 3.17. The van der Waals surface area contributed by atoms with Crippen LogP contribution in [0, 0.1) is 0 Å². The van der Waals surface area contributed by atoms with E-state index in [1.165, 1.54) is 0 Å². The van der Waals surface area contributed by atoms with Gasteiger partial charge in [0.2, 0.25) is 5.91 Å². The molecule has 0 fully saturated rings. The molecule has 1 heterocycles. The average Bonchev–Trinajstić information content (AvgIpc) is 2.55. The molecule has 2 N–H and O–H groups in total. The van der Waals surface area contributed by atoms with Crippen molar-refractivity contribution in [2.24, 2.45) is 5.73 Å². The molecular formula is C12H15ClN2O. The Balaban J connectivity index is 2.28. The van der Waals surface area contributed by atoms with Crippen molar-refractivity contribution < 1.29 is 4.79 Å². The SMILES string of the molecule is CN1C(=O)Cc2cc(C(N)CCCl)ccc21. The van der Waals surface area contributed by atoms with Gasteiger partial charge in [-0.15, -0.1) is 11.6 Å². The molecule has 0 spiro atoms. The van der Waals surface area contributed by atoms with Gasteiger partial charge in [-0.1, -0.05) is 12.1 Å². The molecule has 0 radical (unpaired) electrons. The molecular weight excluding hydrogens is 224 g/mol. The summed E-state index contributed by atoms with van der Waals surface area (Å²) in [5, 5.41) is 0. The van der Waals surface area contributed by atoms with Crippen LogP contribution in [-0.2, 0) is 11.2 Å². The smallest absolute Gasteiger partial charge is 0.231 e. The number of carbonyl (C=O) groups excluding carboxylic acids is 1. The van der Waals surface area contributed by atoms with Gasteiger partial charge in [0, 0.05) is 24.7 Å². The number of fused-ring (bicyclic) bond motifs is 1. The molecule has 1 aromatic rings. The average molecular weight is 239 g/mol. The Morgan fingerprint density at radius 2 is 2.31 bits per heavy atom. The first-order valence-electron chi connectivity index (χ1n) is 5.34. The molecule has 0 bridgehead atoms. The summed E-state index contributed by atoms with van der Waals surface area (Å²) < 4.78 is 0. The van der Waals surface area contributed by atoms with Crippen molar-refractivity contribution in [1.29, 1.82) is 0 Å². The fourth-order valence-corrected chi connectivity index (χ4v) is 2.24. The molecule has 0 saturated carbocycles. The molecule has 1 aliphatic rings. The Morgan fingerprint density at radius 1 is 1.56 bits per heavy atom. The number of alkyl halides is 1. The number of carbonyl (C=O) groups is 1. The Labute approximate surface area is 100 Å². The van der Waals surface area contributed by atoms with Crippen LogP contribution in [0.25, 0.3) is 0 Å². The fourth-order valence-electron chi connectivity index (χ4n) is 2.00. The molecule has 4 heteroatoms. The lowest BCUT2D eigenvalue weighted by atomic mass is 10.0. The third-order valence-electron chi connectivity index (χ3n) is 3.03. The summed E-state index contributed by atoms with van der Waals surface area (Å²) in [6.07, 6.45) is 1.23. The number of hydrogen-bond donors (Lipinski definition) is 1. The van der Waals surface area contributed by atoms with E-state index in [1.807, 2.05) is 18.2 Å². The fraction of sp³-hybridized carbons (Fsp3) is 0.417. The lowest BCUT2D eigenvalue weighted by Crippen LogP contribution is -2.20. The molecule has 1 aromatic carbocycles. The van der Waals surface area contributed by atoms with Gasteiger partial charge in [0.1, 0.15) is 0 Å². The predicted octanol–water partition coefficient (Wildman–Crippen LogP) is 1.83. The highest BCUT2D eigenvalue weighted by atomic mass is 35.5. The highest BCUT2D eigenvalue weighted by molar-refractivity contribution is 6.17. The zero-order chi connectivity index (χ0) is 11.7. The topological polar surface area (TPSA) is 46.3 Å². The summed E-state index contributed by atoms with van der Waals surface area (Å²) in [5.74, 6) is 0.690. The zero-order valence-corrected chi connectivity index (χ0v) is 10.00. The van der Waals surface area contributed by atoms with E-state index < -0.39 is 0 Å². The minimum absolute atomic E-state index is 0.0381. The van der Waals surface area contributed by atoms with Crippen LogP contribution in [0.5, 0.6) is 0 Å². The van der Waals surface area contributed by atoms with Crippen LogP contribution >= 0.6 is 11.6 Å². The Morgan fingerprint density at radius 3 is 3.00 bits per heavy atom. The van der Waals surface area contributed by atoms with Crippen LogP contribution in [0.2, 0.25) is 0 Å². The van der Waals surface area contributed by atoms with Crippen LogP contribution in [-0.4, -0.2) is 18.8 Å². The van der Waals surface area contributed by atoms with Crippen LogP contribution < -0.4 is 10.6 Å². The molecule has 0 saturated heterocycles. The summed E-state index contributed by atoms with van der Waals surface area (Å²) in [4.78, 5) is 13.2. The second kappa shape index (κ2) is 4.44. The second-order valence-corrected chi connectivity index (χ2v) is 4.48. The van der Waals surface area contributed by atoms with Gasteiger partial charge >= 0.3 is 0 Å². The third-order valence-corrected chi connectivity index (χ3v) is 3.25. The monoisotopic (exact) mass is 238 g/mol. The van der Waals surface area contributed by atoms with Crippen molar-refractivity contribution in [3.05, 3.63) is 29.3 Å². The first-order valence-corrected chi connectivity index (χ1v) is 5.88. The summed E-state index contributed by atoms with van der Waals surface area (Å²) in [6, 6.07) is 5.92. The number of anilines is 1. The predicted molar refractivity (Wildman–Crippen MR) is 65.8 cm³/mol. The lowest BCUT2D eigenvalue weighted by Gasteiger charge is -2.13. The van der Waals surface area contributed by atoms with Crippen molar-refractivity contribution in [2.75, 3.05) is 17.8 Å². The number of benzene rings is 1. The Bertz CT molecular complexity index is 419. The molecule has 1 aliphatic heterocycles. The summed E-state index contributed by atoms with van der Waals surface area (Å²) in [7, 11) is 1.80. The molecule has 0 aromatic heterocycles. The second-order valence-electron chi connectivity index (χ2n) is 4.10. The maximum Gasteiger partial charge on any atom is 0.231 e. The highest BCUT2D eigenvalue weighted by Gasteiger charge is 2.24. The molecule has 1 atom stereocenters. The molecule has 2 rings (SSSR count). The van der Waals surface area contributed by atoms with Gasteiger partial charge in [0.05, 0.1) is 6.42 Å². The minimum atomic E-state index is -0.0381. The van der Waals surface area contributed by atoms with Crippen molar-refractivity contribution in [3.8, 4) is 0 Å². The van der Waals surface area contributed by atoms with Crippen LogP contribution in [0.15, 0.2) is 18.2 Å². The zero-order valence-electron chi connectivity index (χ0n) is 9.24. The number of amides is 1. The first kappa shape index (κ1) is 11.4. The maximum atomic E-state index is 11.5. The van der Waals surface area contributed by atoms with Gasteiger partial charge < -0.3 is 10.6 Å². The van der Waals surface area contributed by atoms with Gasteiger partial charge in [0.25, 0.3) is 0 Å². The number of likely N-dealkylation sites (N-methyl/N-ethyl adjacent to an activating group) is 1. The van der Waals surface area contributed by atoms with Crippen molar-refractivity contribution in [3.63, 3.8) is 0 Å². The molecule has 16 heavy (non-hydrogen) atoms. The van der Waals surface area contributed by atoms with E-state index in [-0.39, 0.29) is 11.9 Å². The molecule has 3 nitrogen and oxygen atoms in total. The van der Waals surface area contributed by atoms with E-state index in [0.29, 0.717) is 12.3 Å². The van der Waals surface area contributed by atoms with Crippen molar-refractivity contribution in [2.45, 2.75) is 18.9 Å². The van der Waals surface area contributed by atoms with E-state index in [9.17, 15) is 4.79 Å². The van der Waals surface area contributed by atoms with E-state index in [2.05, 4.69) is 0 Å². The molecule has 86 valence electrons. The first-order chi connectivity index (χ1) is 7.63. The van der Waals surface area contributed by atoms with Crippen LogP contribution in [0.1, 0.15) is 23.6 Å². The van der Waals surface area contributed by atoms with Gasteiger partial charge in [-0.2, -0.15) is 0 Å². The summed E-state index contributed by atoms with van der Waals surface area (Å²) >= 11 is 5.67. The van der Waals surface area contributed by atoms with Gasteiger partial charge in [-0.3, -0.25) is 4.79 Å². The number of nitrogens with zero attached hydrogens (tertiary/aromatic N) is 1. The van der Waals surface area contributed by atoms with Gasteiger partial charge in [-0.25, -0.2) is 0 Å².